The van der Waals surface area contributed by atoms with Gasteiger partial charge in [0.15, 0.2) is 0 Å². The van der Waals surface area contributed by atoms with Crippen LogP contribution in [-0.2, 0) is 14.9 Å². The van der Waals surface area contributed by atoms with Gasteiger partial charge in [-0.3, -0.25) is 4.79 Å². The molecule has 0 saturated carbocycles. The molecule has 0 aliphatic carbocycles. The molecule has 2 rings (SSSR count). The molecule has 0 unspecified atom stereocenters. The number of fused-ring (bicyclic) bond motifs is 1. The maximum absolute atomic E-state index is 12.9. The number of benzene rings is 1. The summed E-state index contributed by atoms with van der Waals surface area (Å²) < 4.78 is 17.5. The average Bonchev–Trinajstić information content (AvgIpc) is 2.15. The quantitative estimate of drug-likeness (QED) is 0.482. The van der Waals surface area contributed by atoms with Crippen molar-refractivity contribution in [3.05, 3.63) is 35.1 Å². The van der Waals surface area contributed by atoms with E-state index in [2.05, 4.69) is 4.74 Å². The van der Waals surface area contributed by atoms with E-state index in [4.69, 9.17) is 0 Å². The summed E-state index contributed by atoms with van der Waals surface area (Å²) in [4.78, 5) is 22.8. The number of hydrogen-bond donors (Lipinski definition) is 0. The maximum Gasteiger partial charge on any atom is 0.346 e. The first-order chi connectivity index (χ1) is 6.93. The van der Waals surface area contributed by atoms with Gasteiger partial charge in [-0.05, 0) is 31.5 Å². The summed E-state index contributed by atoms with van der Waals surface area (Å²) in [6.45, 7) is 3.27. The molecule has 1 aliphatic rings. The molecule has 0 radical (unpaired) electrons. The predicted octanol–water partition coefficient (Wildman–Crippen LogP) is 1.80. The molecule has 15 heavy (non-hydrogen) atoms. The lowest BCUT2D eigenvalue weighted by molar-refractivity contribution is -0.144. The number of esters is 2. The van der Waals surface area contributed by atoms with Crippen molar-refractivity contribution in [1.82, 2.24) is 0 Å². The lowest BCUT2D eigenvalue weighted by Crippen LogP contribution is -2.39. The third-order valence-corrected chi connectivity index (χ3v) is 2.57. The second-order valence-corrected chi connectivity index (χ2v) is 3.99. The molecular weight excluding hydrogens is 199 g/mol. The fourth-order valence-corrected chi connectivity index (χ4v) is 1.61. The summed E-state index contributed by atoms with van der Waals surface area (Å²) in [7, 11) is 0. The fraction of sp³-hybridized carbons (Fsp3) is 0.273. The van der Waals surface area contributed by atoms with Gasteiger partial charge in [-0.1, -0.05) is 6.07 Å². The first kappa shape index (κ1) is 9.83. The minimum atomic E-state index is -0.906. The first-order valence-corrected chi connectivity index (χ1v) is 4.49. The average molecular weight is 208 g/mol. The fourth-order valence-electron chi connectivity index (χ4n) is 1.61. The van der Waals surface area contributed by atoms with Gasteiger partial charge in [-0.25, -0.2) is 9.18 Å². The monoisotopic (exact) mass is 208 g/mol. The van der Waals surface area contributed by atoms with Crippen LogP contribution in [0.5, 0.6) is 0 Å². The van der Waals surface area contributed by atoms with Gasteiger partial charge in [-0.2, -0.15) is 0 Å². The van der Waals surface area contributed by atoms with Crippen molar-refractivity contribution in [2.45, 2.75) is 19.3 Å². The van der Waals surface area contributed by atoms with E-state index < -0.39 is 23.2 Å². The minimum absolute atomic E-state index is 0.125. The van der Waals surface area contributed by atoms with E-state index in [9.17, 15) is 14.0 Å². The molecule has 1 heterocycles. The van der Waals surface area contributed by atoms with Gasteiger partial charge in [0.25, 0.3) is 0 Å². The molecule has 0 bridgehead atoms. The standard InChI is InChI=1S/C11H9FO3/c1-11(2)8-4-3-6(12)5-7(8)9(13)15-10(11)14/h3-5H,1-2H3. The topological polar surface area (TPSA) is 43.4 Å². The Morgan fingerprint density at radius 1 is 1.27 bits per heavy atom. The van der Waals surface area contributed by atoms with Crippen LogP contribution in [0.15, 0.2) is 18.2 Å². The van der Waals surface area contributed by atoms with Gasteiger partial charge in [0.05, 0.1) is 11.0 Å². The Kier molecular flexibility index (Phi) is 1.89. The summed E-state index contributed by atoms with van der Waals surface area (Å²) in [6.07, 6.45) is 0. The molecule has 0 saturated heterocycles. The van der Waals surface area contributed by atoms with E-state index in [-0.39, 0.29) is 5.56 Å². The molecule has 78 valence electrons. The highest BCUT2D eigenvalue weighted by Crippen LogP contribution is 2.33. The zero-order valence-corrected chi connectivity index (χ0v) is 8.33. The van der Waals surface area contributed by atoms with Crippen LogP contribution in [0.4, 0.5) is 4.39 Å². The summed E-state index contributed by atoms with van der Waals surface area (Å²) in [5, 5.41) is 0. The van der Waals surface area contributed by atoms with E-state index in [1.807, 2.05) is 0 Å². The molecule has 1 aliphatic heterocycles. The number of ether oxygens (including phenoxy) is 1. The molecule has 1 aromatic carbocycles. The van der Waals surface area contributed by atoms with Crippen LogP contribution >= 0.6 is 0 Å². The largest absolute Gasteiger partial charge is 0.389 e. The third kappa shape index (κ3) is 1.33. The van der Waals surface area contributed by atoms with Gasteiger partial charge in [0.2, 0.25) is 0 Å². The van der Waals surface area contributed by atoms with E-state index in [1.165, 1.54) is 12.1 Å². The zero-order valence-electron chi connectivity index (χ0n) is 8.33. The number of rotatable bonds is 0. The Hall–Kier alpha value is -1.71. The number of cyclic esters (lactones) is 2. The normalized spacial score (nSPS) is 18.3. The Labute approximate surface area is 85.9 Å². The van der Waals surface area contributed by atoms with Crippen LogP contribution in [0.3, 0.4) is 0 Å². The van der Waals surface area contributed by atoms with Crippen LogP contribution < -0.4 is 0 Å². The van der Waals surface area contributed by atoms with E-state index >= 15 is 0 Å². The van der Waals surface area contributed by atoms with Crippen molar-refractivity contribution >= 4 is 11.9 Å². The van der Waals surface area contributed by atoms with E-state index in [0.717, 1.165) is 6.07 Å². The van der Waals surface area contributed by atoms with Crippen LogP contribution in [0, 0.1) is 5.82 Å². The van der Waals surface area contributed by atoms with Gasteiger partial charge < -0.3 is 4.74 Å². The molecule has 0 spiro atoms. The van der Waals surface area contributed by atoms with Crippen molar-refractivity contribution in [3.8, 4) is 0 Å². The number of hydrogen-bond acceptors (Lipinski definition) is 3. The van der Waals surface area contributed by atoms with Crippen LogP contribution in [-0.4, -0.2) is 11.9 Å². The molecule has 0 N–H and O–H groups in total. The molecule has 1 aromatic rings. The van der Waals surface area contributed by atoms with Gasteiger partial charge in [-0.15, -0.1) is 0 Å². The van der Waals surface area contributed by atoms with E-state index in [0.29, 0.717) is 5.56 Å². The highest BCUT2D eigenvalue weighted by molar-refractivity contribution is 6.05. The van der Waals surface area contributed by atoms with E-state index in [1.54, 1.807) is 13.8 Å². The summed E-state index contributed by atoms with van der Waals surface area (Å²) >= 11 is 0. The molecule has 0 atom stereocenters. The molecule has 0 aromatic heterocycles. The second-order valence-electron chi connectivity index (χ2n) is 3.99. The first-order valence-electron chi connectivity index (χ1n) is 4.49. The molecule has 0 amide bonds. The highest BCUT2D eigenvalue weighted by Gasteiger charge is 2.41. The minimum Gasteiger partial charge on any atom is -0.389 e. The lowest BCUT2D eigenvalue weighted by atomic mass is 9.80. The molecule has 3 nitrogen and oxygen atoms in total. The summed E-state index contributed by atoms with van der Waals surface area (Å²) in [5.41, 5.74) is -0.276. The van der Waals surface area contributed by atoms with Crippen molar-refractivity contribution in [2.75, 3.05) is 0 Å². The lowest BCUT2D eigenvalue weighted by Gasteiger charge is -2.28. The summed E-state index contributed by atoms with van der Waals surface area (Å²) in [5.74, 6) is -1.91. The number of halogens is 1. The van der Waals surface area contributed by atoms with Crippen molar-refractivity contribution in [1.29, 1.82) is 0 Å². The Bertz CT molecular complexity index is 463. The zero-order chi connectivity index (χ0) is 11.2. The van der Waals surface area contributed by atoms with Crippen LogP contribution in [0.2, 0.25) is 0 Å². The Morgan fingerprint density at radius 2 is 1.93 bits per heavy atom. The molecular formula is C11H9FO3. The Balaban J connectivity index is 2.70. The van der Waals surface area contributed by atoms with Crippen LogP contribution in [0.25, 0.3) is 0 Å². The van der Waals surface area contributed by atoms with Crippen LogP contribution in [0.1, 0.15) is 29.8 Å². The Morgan fingerprint density at radius 3 is 2.60 bits per heavy atom. The van der Waals surface area contributed by atoms with Gasteiger partial charge in [0, 0.05) is 0 Å². The van der Waals surface area contributed by atoms with Gasteiger partial charge in [0.1, 0.15) is 5.82 Å². The SMILES string of the molecule is CC1(C)C(=O)OC(=O)c2cc(F)ccc21. The number of carbonyl (C=O) groups excluding carboxylic acids is 2. The smallest absolute Gasteiger partial charge is 0.346 e. The van der Waals surface area contributed by atoms with Crippen molar-refractivity contribution in [3.63, 3.8) is 0 Å². The predicted molar refractivity (Wildman–Crippen MR) is 49.8 cm³/mol. The third-order valence-electron chi connectivity index (χ3n) is 2.57. The highest BCUT2D eigenvalue weighted by atomic mass is 19.1. The van der Waals surface area contributed by atoms with Crippen molar-refractivity contribution in [2.24, 2.45) is 0 Å². The maximum atomic E-state index is 12.9. The number of carbonyl (C=O) groups is 2. The van der Waals surface area contributed by atoms with Crippen molar-refractivity contribution < 1.29 is 18.7 Å². The van der Waals surface area contributed by atoms with Gasteiger partial charge >= 0.3 is 11.9 Å². The molecule has 4 heteroatoms. The second kappa shape index (κ2) is 2.89. The molecule has 0 fully saturated rings. The summed E-state index contributed by atoms with van der Waals surface area (Å²) in [6, 6.07) is 3.77.